The second-order valence-electron chi connectivity index (χ2n) is 6.97. The number of rotatable bonds is 4. The number of methoxy groups -OCH3 is 1. The standard InChI is InChI=1S/C22H21N3O3/c1-25(13-15-5-3-4-14-12-23-9-8-17(14)15)22(27)19-11-21(26)24-20-7-6-16(28-2)10-18(19)20/h3-10,12,19H,11,13H2,1-2H3,(H,24,26). The van der Waals surface area contributed by atoms with Crippen molar-refractivity contribution >= 4 is 28.3 Å². The van der Waals surface area contributed by atoms with Gasteiger partial charge in [-0.1, -0.05) is 18.2 Å². The number of carbonyl (C=O) groups is 2. The fourth-order valence-corrected chi connectivity index (χ4v) is 3.71. The highest BCUT2D eigenvalue weighted by atomic mass is 16.5. The molecule has 0 saturated carbocycles. The molecule has 4 rings (SSSR count). The molecule has 0 spiro atoms. The van der Waals surface area contributed by atoms with Gasteiger partial charge >= 0.3 is 0 Å². The molecule has 2 amide bonds. The van der Waals surface area contributed by atoms with Gasteiger partial charge in [-0.05, 0) is 40.8 Å². The van der Waals surface area contributed by atoms with Crippen LogP contribution in [0.4, 0.5) is 5.69 Å². The maximum Gasteiger partial charge on any atom is 0.230 e. The molecule has 0 bridgehead atoms. The molecule has 0 fully saturated rings. The summed E-state index contributed by atoms with van der Waals surface area (Å²) in [6.07, 6.45) is 3.69. The minimum absolute atomic E-state index is 0.0876. The zero-order chi connectivity index (χ0) is 19.7. The Morgan fingerprint density at radius 3 is 2.96 bits per heavy atom. The summed E-state index contributed by atoms with van der Waals surface area (Å²) in [5, 5.41) is 4.94. The maximum atomic E-state index is 13.2. The van der Waals surface area contributed by atoms with Gasteiger partial charge in [0.15, 0.2) is 0 Å². The van der Waals surface area contributed by atoms with Crippen molar-refractivity contribution in [3.8, 4) is 5.75 Å². The molecule has 1 aliphatic heterocycles. The van der Waals surface area contributed by atoms with Crippen molar-refractivity contribution in [3.05, 3.63) is 66.0 Å². The number of benzene rings is 2. The summed E-state index contributed by atoms with van der Waals surface area (Å²) in [6.45, 7) is 0.456. The lowest BCUT2D eigenvalue weighted by Gasteiger charge is -2.29. The van der Waals surface area contributed by atoms with Crippen LogP contribution in [-0.4, -0.2) is 35.9 Å². The van der Waals surface area contributed by atoms with Crippen LogP contribution in [0.15, 0.2) is 54.9 Å². The summed E-state index contributed by atoms with van der Waals surface area (Å²) in [5.41, 5.74) is 2.50. The van der Waals surface area contributed by atoms with Gasteiger partial charge in [-0.15, -0.1) is 0 Å². The van der Waals surface area contributed by atoms with Crippen LogP contribution in [0, 0.1) is 0 Å². The number of aromatic nitrogens is 1. The molecule has 1 atom stereocenters. The molecule has 1 N–H and O–H groups in total. The molecular formula is C22H21N3O3. The summed E-state index contributed by atoms with van der Waals surface area (Å²) >= 11 is 0. The summed E-state index contributed by atoms with van der Waals surface area (Å²) in [7, 11) is 3.36. The second-order valence-corrected chi connectivity index (χ2v) is 6.97. The highest BCUT2D eigenvalue weighted by Gasteiger charge is 2.33. The predicted molar refractivity (Wildman–Crippen MR) is 107 cm³/mol. The fraction of sp³-hybridized carbons (Fsp3) is 0.227. The Bertz CT molecular complexity index is 1060. The van der Waals surface area contributed by atoms with Gasteiger partial charge < -0.3 is 15.0 Å². The van der Waals surface area contributed by atoms with Crippen molar-refractivity contribution in [3.63, 3.8) is 0 Å². The number of anilines is 1. The summed E-state index contributed by atoms with van der Waals surface area (Å²) < 4.78 is 5.30. The average Bonchev–Trinajstić information content (AvgIpc) is 2.72. The molecule has 3 aromatic rings. The van der Waals surface area contributed by atoms with E-state index in [0.29, 0.717) is 18.0 Å². The van der Waals surface area contributed by atoms with E-state index in [2.05, 4.69) is 10.3 Å². The van der Waals surface area contributed by atoms with Crippen molar-refractivity contribution in [1.82, 2.24) is 9.88 Å². The van der Waals surface area contributed by atoms with Crippen molar-refractivity contribution in [2.24, 2.45) is 0 Å². The Labute approximate surface area is 163 Å². The molecule has 142 valence electrons. The molecule has 2 heterocycles. The Hall–Kier alpha value is -3.41. The highest BCUT2D eigenvalue weighted by molar-refractivity contribution is 6.01. The predicted octanol–water partition coefficient (Wildman–Crippen LogP) is 3.33. The van der Waals surface area contributed by atoms with Gasteiger partial charge in [0.1, 0.15) is 5.75 Å². The number of ether oxygens (including phenoxy) is 1. The Balaban J connectivity index is 1.63. The number of nitrogens with one attached hydrogen (secondary N) is 1. The van der Waals surface area contributed by atoms with Crippen molar-refractivity contribution in [2.45, 2.75) is 18.9 Å². The number of nitrogens with zero attached hydrogens (tertiary/aromatic N) is 2. The van der Waals surface area contributed by atoms with Gasteiger partial charge in [-0.2, -0.15) is 0 Å². The molecule has 0 aliphatic carbocycles. The third-order valence-electron chi connectivity index (χ3n) is 5.15. The lowest BCUT2D eigenvalue weighted by molar-refractivity contribution is -0.134. The van der Waals surface area contributed by atoms with Crippen molar-refractivity contribution in [2.75, 3.05) is 19.5 Å². The van der Waals surface area contributed by atoms with E-state index in [0.717, 1.165) is 21.9 Å². The number of likely N-dealkylation sites (N-methyl/N-ethyl adjacent to an activating group) is 1. The number of fused-ring (bicyclic) bond motifs is 2. The summed E-state index contributed by atoms with van der Waals surface area (Å²) in [4.78, 5) is 31.2. The highest BCUT2D eigenvalue weighted by Crippen LogP contribution is 2.36. The third kappa shape index (κ3) is 3.29. The largest absolute Gasteiger partial charge is 0.497 e. The van der Waals surface area contributed by atoms with E-state index >= 15 is 0 Å². The normalized spacial score (nSPS) is 15.6. The lowest BCUT2D eigenvalue weighted by Crippen LogP contribution is -2.36. The van der Waals surface area contributed by atoms with Crippen LogP contribution in [-0.2, 0) is 16.1 Å². The van der Waals surface area contributed by atoms with Gasteiger partial charge in [0.05, 0.1) is 13.0 Å². The van der Waals surface area contributed by atoms with E-state index in [1.165, 1.54) is 0 Å². The quantitative estimate of drug-likeness (QED) is 0.759. The summed E-state index contributed by atoms with van der Waals surface area (Å²) in [6, 6.07) is 13.3. The first kappa shape index (κ1) is 18.0. The van der Waals surface area contributed by atoms with Gasteiger partial charge in [-0.3, -0.25) is 14.6 Å². The molecule has 6 heteroatoms. The van der Waals surface area contributed by atoms with Gasteiger partial charge in [-0.25, -0.2) is 0 Å². The molecule has 1 aliphatic rings. The van der Waals surface area contributed by atoms with Crippen LogP contribution in [0.2, 0.25) is 0 Å². The van der Waals surface area contributed by atoms with E-state index in [1.807, 2.05) is 36.5 Å². The third-order valence-corrected chi connectivity index (χ3v) is 5.15. The Morgan fingerprint density at radius 2 is 2.14 bits per heavy atom. The number of hydrogen-bond acceptors (Lipinski definition) is 4. The van der Waals surface area contributed by atoms with Crippen LogP contribution in [0.3, 0.4) is 0 Å². The number of amides is 2. The SMILES string of the molecule is COc1ccc2c(c1)C(C(=O)N(C)Cc1cccc3cnccc13)CC(=O)N2. The lowest BCUT2D eigenvalue weighted by atomic mass is 9.89. The Kier molecular flexibility index (Phi) is 4.69. The van der Waals surface area contributed by atoms with Crippen LogP contribution in [0.25, 0.3) is 10.8 Å². The van der Waals surface area contributed by atoms with Gasteiger partial charge in [0, 0.05) is 43.5 Å². The first-order valence-corrected chi connectivity index (χ1v) is 9.11. The molecule has 2 aromatic carbocycles. The van der Waals surface area contributed by atoms with Crippen molar-refractivity contribution in [1.29, 1.82) is 0 Å². The molecule has 6 nitrogen and oxygen atoms in total. The first-order valence-electron chi connectivity index (χ1n) is 9.11. The maximum absolute atomic E-state index is 13.2. The first-order chi connectivity index (χ1) is 13.6. The summed E-state index contributed by atoms with van der Waals surface area (Å²) in [5.74, 6) is -0.103. The molecule has 1 unspecified atom stereocenters. The minimum atomic E-state index is -0.527. The topological polar surface area (TPSA) is 71.5 Å². The van der Waals surface area contributed by atoms with Crippen molar-refractivity contribution < 1.29 is 14.3 Å². The fourth-order valence-electron chi connectivity index (χ4n) is 3.71. The van der Waals surface area contributed by atoms with E-state index in [-0.39, 0.29) is 18.2 Å². The van der Waals surface area contributed by atoms with E-state index in [4.69, 9.17) is 4.74 Å². The molecule has 0 saturated heterocycles. The number of carbonyl (C=O) groups excluding carboxylic acids is 2. The zero-order valence-electron chi connectivity index (χ0n) is 15.8. The smallest absolute Gasteiger partial charge is 0.230 e. The van der Waals surface area contributed by atoms with Crippen LogP contribution in [0.5, 0.6) is 5.75 Å². The number of hydrogen-bond donors (Lipinski definition) is 1. The second kappa shape index (κ2) is 7.31. The molecule has 0 radical (unpaired) electrons. The van der Waals surface area contributed by atoms with Crippen LogP contribution < -0.4 is 10.1 Å². The number of pyridine rings is 1. The van der Waals surface area contributed by atoms with E-state index < -0.39 is 5.92 Å². The van der Waals surface area contributed by atoms with Crippen LogP contribution in [0.1, 0.15) is 23.5 Å². The molecule has 28 heavy (non-hydrogen) atoms. The Morgan fingerprint density at radius 1 is 1.29 bits per heavy atom. The molecular weight excluding hydrogens is 354 g/mol. The average molecular weight is 375 g/mol. The van der Waals surface area contributed by atoms with Crippen LogP contribution >= 0.6 is 0 Å². The minimum Gasteiger partial charge on any atom is -0.497 e. The van der Waals surface area contributed by atoms with Gasteiger partial charge in [0.25, 0.3) is 0 Å². The van der Waals surface area contributed by atoms with E-state index in [1.54, 1.807) is 37.4 Å². The zero-order valence-corrected chi connectivity index (χ0v) is 15.8. The van der Waals surface area contributed by atoms with Gasteiger partial charge in [0.2, 0.25) is 11.8 Å². The monoisotopic (exact) mass is 375 g/mol. The van der Waals surface area contributed by atoms with E-state index in [9.17, 15) is 9.59 Å². The molecule has 1 aromatic heterocycles.